The maximum absolute atomic E-state index is 12.6. The van der Waals surface area contributed by atoms with E-state index in [1.165, 1.54) is 19.3 Å². The van der Waals surface area contributed by atoms with Crippen molar-refractivity contribution >= 4 is 5.78 Å². The molecule has 0 N–H and O–H groups in total. The fourth-order valence-corrected chi connectivity index (χ4v) is 3.24. The van der Waals surface area contributed by atoms with Gasteiger partial charge in [-0.25, -0.2) is 4.68 Å². The smallest absolute Gasteiger partial charge is 0.169 e. The number of Topliss-reactive ketones (excluding diaryl/α,β-unsaturated/α-hetero) is 1. The molecule has 0 amide bonds. The van der Waals surface area contributed by atoms with Gasteiger partial charge in [0.25, 0.3) is 0 Å². The fourth-order valence-electron chi connectivity index (χ4n) is 3.24. The Hall–Kier alpha value is -1.90. The van der Waals surface area contributed by atoms with Crippen molar-refractivity contribution in [2.75, 3.05) is 0 Å². The van der Waals surface area contributed by atoms with Crippen molar-refractivity contribution in [3.05, 3.63) is 48.3 Å². The molecule has 0 radical (unpaired) electrons. The van der Waals surface area contributed by atoms with Crippen LogP contribution in [-0.2, 0) is 0 Å². The topological polar surface area (TPSA) is 34.9 Å². The van der Waals surface area contributed by atoms with Crippen LogP contribution in [0.5, 0.6) is 0 Å². The van der Waals surface area contributed by atoms with Crippen LogP contribution in [0.4, 0.5) is 0 Å². The van der Waals surface area contributed by atoms with Gasteiger partial charge in [0.05, 0.1) is 17.4 Å². The third kappa shape index (κ3) is 3.07. The van der Waals surface area contributed by atoms with Gasteiger partial charge < -0.3 is 0 Å². The van der Waals surface area contributed by atoms with Crippen LogP contribution >= 0.6 is 0 Å². The zero-order valence-corrected chi connectivity index (χ0v) is 12.5. The highest BCUT2D eigenvalue weighted by atomic mass is 16.1. The Morgan fingerprint density at radius 1 is 1.19 bits per heavy atom. The van der Waals surface area contributed by atoms with Gasteiger partial charge in [0.1, 0.15) is 0 Å². The lowest BCUT2D eigenvalue weighted by atomic mass is 9.78. The summed E-state index contributed by atoms with van der Waals surface area (Å²) in [6.07, 6.45) is 9.28. The van der Waals surface area contributed by atoms with E-state index in [1.807, 2.05) is 36.5 Å². The number of benzene rings is 1. The molecule has 3 heteroatoms. The van der Waals surface area contributed by atoms with E-state index < -0.39 is 0 Å². The number of carbonyl (C=O) groups is 1. The molecule has 0 spiro atoms. The van der Waals surface area contributed by atoms with E-state index in [-0.39, 0.29) is 11.7 Å². The molecule has 21 heavy (non-hydrogen) atoms. The summed E-state index contributed by atoms with van der Waals surface area (Å²) in [5.41, 5.74) is 1.74. The van der Waals surface area contributed by atoms with Crippen molar-refractivity contribution in [3.63, 3.8) is 0 Å². The maximum atomic E-state index is 12.6. The zero-order chi connectivity index (χ0) is 14.7. The second kappa shape index (κ2) is 6.25. The second-order valence-electron chi connectivity index (χ2n) is 6.00. The first-order valence-corrected chi connectivity index (χ1v) is 7.92. The average Bonchev–Trinajstić information content (AvgIpc) is 3.05. The van der Waals surface area contributed by atoms with Crippen molar-refractivity contribution < 1.29 is 4.79 Å². The van der Waals surface area contributed by atoms with E-state index in [0.29, 0.717) is 0 Å². The normalized spacial score (nSPS) is 22.1. The molecule has 1 aliphatic rings. The number of aromatic nitrogens is 2. The summed E-state index contributed by atoms with van der Waals surface area (Å²) in [4.78, 5) is 12.6. The van der Waals surface area contributed by atoms with Gasteiger partial charge in [0, 0.05) is 12.1 Å². The van der Waals surface area contributed by atoms with E-state index in [9.17, 15) is 4.79 Å². The van der Waals surface area contributed by atoms with Gasteiger partial charge in [-0.2, -0.15) is 5.10 Å². The van der Waals surface area contributed by atoms with Gasteiger partial charge >= 0.3 is 0 Å². The Bertz CT molecular complexity index is 595. The van der Waals surface area contributed by atoms with Gasteiger partial charge in [0.15, 0.2) is 5.78 Å². The molecular weight excluding hydrogens is 260 g/mol. The SMILES string of the molecule is CCC1CCC(C(=O)c2cnn(-c3ccccc3)c2)CC1. The molecule has 0 atom stereocenters. The van der Waals surface area contributed by atoms with Crippen molar-refractivity contribution in [1.82, 2.24) is 9.78 Å². The van der Waals surface area contributed by atoms with Crippen molar-refractivity contribution in [3.8, 4) is 5.69 Å². The lowest BCUT2D eigenvalue weighted by Gasteiger charge is -2.26. The molecule has 1 aromatic carbocycles. The highest BCUT2D eigenvalue weighted by Gasteiger charge is 2.26. The van der Waals surface area contributed by atoms with Crippen molar-refractivity contribution in [2.24, 2.45) is 11.8 Å². The standard InChI is InChI=1S/C18H22N2O/c1-2-14-8-10-15(11-9-14)18(21)16-12-19-20(13-16)17-6-4-3-5-7-17/h3-7,12-15H,2,8-11H2,1H3. The van der Waals surface area contributed by atoms with E-state index in [1.54, 1.807) is 10.9 Å². The van der Waals surface area contributed by atoms with Crippen molar-refractivity contribution in [1.29, 1.82) is 0 Å². The van der Waals surface area contributed by atoms with E-state index in [0.717, 1.165) is 30.0 Å². The first-order chi connectivity index (χ1) is 10.3. The minimum Gasteiger partial charge on any atom is -0.294 e. The van der Waals surface area contributed by atoms with E-state index >= 15 is 0 Å². The quantitative estimate of drug-likeness (QED) is 0.785. The van der Waals surface area contributed by atoms with Crippen LogP contribution in [-0.4, -0.2) is 15.6 Å². The molecule has 1 saturated carbocycles. The summed E-state index contributed by atoms with van der Waals surface area (Å²) in [6, 6.07) is 9.92. The summed E-state index contributed by atoms with van der Waals surface area (Å²) in [7, 11) is 0. The van der Waals surface area contributed by atoms with Crippen molar-refractivity contribution in [2.45, 2.75) is 39.0 Å². The van der Waals surface area contributed by atoms with Crippen LogP contribution < -0.4 is 0 Å². The van der Waals surface area contributed by atoms with Gasteiger partial charge in [-0.1, -0.05) is 31.5 Å². The Morgan fingerprint density at radius 2 is 1.90 bits per heavy atom. The number of rotatable bonds is 4. The third-order valence-corrected chi connectivity index (χ3v) is 4.68. The third-order valence-electron chi connectivity index (χ3n) is 4.68. The second-order valence-corrected chi connectivity index (χ2v) is 6.00. The molecule has 0 bridgehead atoms. The van der Waals surface area contributed by atoms with Crippen LogP contribution in [0, 0.1) is 11.8 Å². The fraction of sp³-hybridized carbons (Fsp3) is 0.444. The summed E-state index contributed by atoms with van der Waals surface area (Å²) < 4.78 is 1.78. The summed E-state index contributed by atoms with van der Waals surface area (Å²) in [5, 5.41) is 4.33. The Morgan fingerprint density at radius 3 is 2.57 bits per heavy atom. The van der Waals surface area contributed by atoms with Gasteiger partial charge in [-0.15, -0.1) is 0 Å². The molecule has 2 aromatic rings. The number of nitrogens with zero attached hydrogens (tertiary/aromatic N) is 2. The molecule has 110 valence electrons. The van der Waals surface area contributed by atoms with Crippen LogP contribution in [0.25, 0.3) is 5.69 Å². The van der Waals surface area contributed by atoms with Gasteiger partial charge in [-0.05, 0) is 43.7 Å². The first kappa shape index (κ1) is 14.1. The Labute approximate surface area is 126 Å². The molecule has 0 unspecified atom stereocenters. The number of carbonyl (C=O) groups excluding carboxylic acids is 1. The number of ketones is 1. The minimum atomic E-state index is 0.196. The molecule has 3 nitrogen and oxygen atoms in total. The lowest BCUT2D eigenvalue weighted by Crippen LogP contribution is -2.21. The molecular formula is C18H22N2O. The molecule has 1 fully saturated rings. The van der Waals surface area contributed by atoms with Crippen LogP contribution in [0.2, 0.25) is 0 Å². The highest BCUT2D eigenvalue weighted by molar-refractivity contribution is 5.97. The molecule has 1 aliphatic carbocycles. The monoisotopic (exact) mass is 282 g/mol. The highest BCUT2D eigenvalue weighted by Crippen LogP contribution is 2.32. The van der Waals surface area contributed by atoms with Gasteiger partial charge in [0.2, 0.25) is 0 Å². The van der Waals surface area contributed by atoms with E-state index in [4.69, 9.17) is 0 Å². The first-order valence-electron chi connectivity index (χ1n) is 7.92. The summed E-state index contributed by atoms with van der Waals surface area (Å²) >= 11 is 0. The molecule has 3 rings (SSSR count). The maximum Gasteiger partial charge on any atom is 0.169 e. The van der Waals surface area contributed by atoms with Crippen LogP contribution in [0.15, 0.2) is 42.7 Å². The predicted molar refractivity (Wildman–Crippen MR) is 83.6 cm³/mol. The largest absolute Gasteiger partial charge is 0.294 e. The van der Waals surface area contributed by atoms with Gasteiger partial charge in [-0.3, -0.25) is 4.79 Å². The lowest BCUT2D eigenvalue weighted by molar-refractivity contribution is 0.0871. The minimum absolute atomic E-state index is 0.196. The van der Waals surface area contributed by atoms with Crippen LogP contribution in [0.1, 0.15) is 49.4 Å². The molecule has 0 saturated heterocycles. The zero-order valence-electron chi connectivity index (χ0n) is 12.5. The Balaban J connectivity index is 1.70. The Kier molecular flexibility index (Phi) is 4.18. The number of hydrogen-bond donors (Lipinski definition) is 0. The molecule has 0 aliphatic heterocycles. The number of hydrogen-bond acceptors (Lipinski definition) is 2. The summed E-state index contributed by atoms with van der Waals surface area (Å²) in [6.45, 7) is 2.25. The predicted octanol–water partition coefficient (Wildman–Crippen LogP) is 4.27. The average molecular weight is 282 g/mol. The summed E-state index contributed by atoms with van der Waals surface area (Å²) in [5.74, 6) is 1.29. The van der Waals surface area contributed by atoms with E-state index in [2.05, 4.69) is 12.0 Å². The van der Waals surface area contributed by atoms with Crippen LogP contribution in [0.3, 0.4) is 0 Å². The molecule has 1 aromatic heterocycles. The number of para-hydroxylation sites is 1. The molecule has 1 heterocycles.